The molecule has 0 atom stereocenters. The SMILES string of the molecule is COc1ccc(Br)c(C(=O)NCCCNc2ccc3nnnn3n2)c1. The topological polar surface area (TPSA) is 106 Å². The van der Waals surface area contributed by atoms with E-state index in [-0.39, 0.29) is 5.91 Å². The summed E-state index contributed by atoms with van der Waals surface area (Å²) in [6, 6.07) is 8.85. The standard InChI is InChI=1S/C15H16BrN7O2/c1-25-10-3-4-12(16)11(9-10)15(24)18-8-2-7-17-13-5-6-14-19-21-22-23(14)20-13/h3-6,9H,2,7-8H2,1H3,(H,17,20)(H,18,24). The van der Waals surface area contributed by atoms with E-state index in [0.717, 1.165) is 10.9 Å². The molecule has 0 aliphatic heterocycles. The van der Waals surface area contributed by atoms with Crippen LogP contribution in [0.25, 0.3) is 5.65 Å². The van der Waals surface area contributed by atoms with E-state index >= 15 is 0 Å². The summed E-state index contributed by atoms with van der Waals surface area (Å²) >= 11 is 3.37. The number of hydrogen-bond donors (Lipinski definition) is 2. The minimum atomic E-state index is -0.154. The predicted molar refractivity (Wildman–Crippen MR) is 94.7 cm³/mol. The first-order chi connectivity index (χ1) is 12.2. The number of anilines is 1. The maximum atomic E-state index is 12.2. The molecule has 1 amide bonds. The van der Waals surface area contributed by atoms with Crippen molar-refractivity contribution >= 4 is 33.3 Å². The van der Waals surface area contributed by atoms with Crippen molar-refractivity contribution in [2.75, 3.05) is 25.5 Å². The molecule has 3 aromatic rings. The van der Waals surface area contributed by atoms with Crippen molar-refractivity contribution in [1.29, 1.82) is 0 Å². The van der Waals surface area contributed by atoms with Gasteiger partial charge in [-0.1, -0.05) is 0 Å². The number of benzene rings is 1. The van der Waals surface area contributed by atoms with Crippen LogP contribution in [0.4, 0.5) is 5.82 Å². The van der Waals surface area contributed by atoms with E-state index in [1.54, 1.807) is 37.4 Å². The van der Waals surface area contributed by atoms with Gasteiger partial charge in [0.25, 0.3) is 5.91 Å². The second-order valence-electron chi connectivity index (χ2n) is 5.13. The largest absolute Gasteiger partial charge is 0.497 e. The lowest BCUT2D eigenvalue weighted by atomic mass is 10.2. The summed E-state index contributed by atoms with van der Waals surface area (Å²) in [5.74, 6) is 1.15. The average Bonchev–Trinajstić information content (AvgIpc) is 3.09. The van der Waals surface area contributed by atoms with Crippen LogP contribution in [-0.2, 0) is 0 Å². The Bertz CT molecular complexity index is 883. The summed E-state index contributed by atoms with van der Waals surface area (Å²) in [5.41, 5.74) is 1.12. The number of tetrazole rings is 1. The molecule has 0 aliphatic rings. The number of amides is 1. The van der Waals surface area contributed by atoms with Crippen LogP contribution in [0.2, 0.25) is 0 Å². The number of fused-ring (bicyclic) bond motifs is 1. The van der Waals surface area contributed by atoms with Crippen LogP contribution in [0.3, 0.4) is 0 Å². The van der Waals surface area contributed by atoms with Gasteiger partial charge in [-0.2, -0.15) is 0 Å². The van der Waals surface area contributed by atoms with Crippen molar-refractivity contribution in [3.63, 3.8) is 0 Å². The number of halogens is 1. The van der Waals surface area contributed by atoms with Crippen LogP contribution in [0, 0.1) is 0 Å². The average molecular weight is 406 g/mol. The molecule has 0 fully saturated rings. The highest BCUT2D eigenvalue weighted by Crippen LogP contribution is 2.22. The molecule has 0 aliphatic carbocycles. The van der Waals surface area contributed by atoms with Gasteiger partial charge in [-0.3, -0.25) is 4.79 Å². The number of carbonyl (C=O) groups excluding carboxylic acids is 1. The smallest absolute Gasteiger partial charge is 0.252 e. The van der Waals surface area contributed by atoms with E-state index in [1.165, 1.54) is 4.63 Å². The molecule has 0 saturated heterocycles. The van der Waals surface area contributed by atoms with Crippen LogP contribution >= 0.6 is 15.9 Å². The van der Waals surface area contributed by atoms with Crippen molar-refractivity contribution in [2.45, 2.75) is 6.42 Å². The quantitative estimate of drug-likeness (QED) is 0.573. The molecule has 0 radical (unpaired) electrons. The molecule has 10 heteroatoms. The maximum absolute atomic E-state index is 12.2. The van der Waals surface area contributed by atoms with Gasteiger partial charge in [0.05, 0.1) is 12.7 Å². The third-order valence-electron chi connectivity index (χ3n) is 3.43. The first-order valence-electron chi connectivity index (χ1n) is 7.58. The van der Waals surface area contributed by atoms with E-state index in [2.05, 4.69) is 47.2 Å². The first-order valence-corrected chi connectivity index (χ1v) is 8.38. The second kappa shape index (κ2) is 7.88. The number of nitrogens with one attached hydrogen (secondary N) is 2. The molecule has 0 bridgehead atoms. The summed E-state index contributed by atoms with van der Waals surface area (Å²) in [6.45, 7) is 1.18. The van der Waals surface area contributed by atoms with Crippen molar-refractivity contribution in [2.24, 2.45) is 0 Å². The van der Waals surface area contributed by atoms with E-state index in [0.29, 0.717) is 35.9 Å². The van der Waals surface area contributed by atoms with Gasteiger partial charge < -0.3 is 15.4 Å². The zero-order valence-electron chi connectivity index (χ0n) is 13.4. The van der Waals surface area contributed by atoms with Crippen molar-refractivity contribution < 1.29 is 9.53 Å². The summed E-state index contributed by atoms with van der Waals surface area (Å²) in [6.07, 6.45) is 0.739. The molecule has 2 heterocycles. The van der Waals surface area contributed by atoms with Crippen LogP contribution in [0.15, 0.2) is 34.8 Å². The Morgan fingerprint density at radius 2 is 2.16 bits per heavy atom. The van der Waals surface area contributed by atoms with E-state index < -0.39 is 0 Å². The van der Waals surface area contributed by atoms with Crippen molar-refractivity contribution in [3.05, 3.63) is 40.4 Å². The molecule has 1 aromatic carbocycles. The van der Waals surface area contributed by atoms with Gasteiger partial charge in [0.1, 0.15) is 11.6 Å². The Morgan fingerprint density at radius 3 is 3.00 bits per heavy atom. The Morgan fingerprint density at radius 1 is 1.28 bits per heavy atom. The maximum Gasteiger partial charge on any atom is 0.252 e. The number of rotatable bonds is 7. The van der Waals surface area contributed by atoms with Gasteiger partial charge in [-0.25, -0.2) is 0 Å². The van der Waals surface area contributed by atoms with Crippen LogP contribution in [0.1, 0.15) is 16.8 Å². The van der Waals surface area contributed by atoms with Gasteiger partial charge in [0.15, 0.2) is 5.65 Å². The molecule has 9 nitrogen and oxygen atoms in total. The zero-order valence-corrected chi connectivity index (χ0v) is 15.0. The molecule has 2 N–H and O–H groups in total. The molecule has 3 rings (SSSR count). The van der Waals surface area contributed by atoms with Crippen molar-refractivity contribution in [1.82, 2.24) is 30.6 Å². The Balaban J connectivity index is 1.45. The lowest BCUT2D eigenvalue weighted by Gasteiger charge is -2.09. The molecule has 0 spiro atoms. The number of carbonyl (C=O) groups is 1. The fourth-order valence-corrected chi connectivity index (χ4v) is 2.58. The molecule has 0 saturated carbocycles. The highest BCUT2D eigenvalue weighted by molar-refractivity contribution is 9.10. The molecule has 130 valence electrons. The molecule has 25 heavy (non-hydrogen) atoms. The summed E-state index contributed by atoms with van der Waals surface area (Å²) in [5, 5.41) is 21.3. The van der Waals surface area contributed by atoms with Crippen molar-refractivity contribution in [3.8, 4) is 5.75 Å². The monoisotopic (exact) mass is 405 g/mol. The number of ether oxygens (including phenoxy) is 1. The number of hydrogen-bond acceptors (Lipinski definition) is 7. The van der Waals surface area contributed by atoms with Crippen LogP contribution < -0.4 is 15.4 Å². The lowest BCUT2D eigenvalue weighted by molar-refractivity contribution is 0.0952. The van der Waals surface area contributed by atoms with E-state index in [4.69, 9.17) is 4.74 Å². The molecule has 2 aromatic heterocycles. The Kier molecular flexibility index (Phi) is 5.39. The number of nitrogens with zero attached hydrogens (tertiary/aromatic N) is 5. The molecule has 0 unspecified atom stereocenters. The highest BCUT2D eigenvalue weighted by Gasteiger charge is 2.10. The van der Waals surface area contributed by atoms with Gasteiger partial charge in [-0.05, 0) is 63.1 Å². The lowest BCUT2D eigenvalue weighted by Crippen LogP contribution is -2.26. The minimum Gasteiger partial charge on any atom is -0.497 e. The Labute approximate surface area is 151 Å². The second-order valence-corrected chi connectivity index (χ2v) is 5.98. The van der Waals surface area contributed by atoms with E-state index in [1.807, 2.05) is 0 Å². The zero-order chi connectivity index (χ0) is 17.6. The predicted octanol–water partition coefficient (Wildman–Crippen LogP) is 1.52. The number of methoxy groups -OCH3 is 1. The summed E-state index contributed by atoms with van der Waals surface area (Å²) < 4.78 is 7.22. The third-order valence-corrected chi connectivity index (χ3v) is 4.12. The summed E-state index contributed by atoms with van der Waals surface area (Å²) in [4.78, 5) is 12.2. The fraction of sp³-hybridized carbons (Fsp3) is 0.267. The number of aromatic nitrogens is 5. The first kappa shape index (κ1) is 17.1. The molecular weight excluding hydrogens is 390 g/mol. The van der Waals surface area contributed by atoms with Crippen LogP contribution in [0.5, 0.6) is 5.75 Å². The highest BCUT2D eigenvalue weighted by atomic mass is 79.9. The third kappa shape index (κ3) is 4.21. The minimum absolute atomic E-state index is 0.154. The summed E-state index contributed by atoms with van der Waals surface area (Å²) in [7, 11) is 1.57. The van der Waals surface area contributed by atoms with Gasteiger partial charge in [-0.15, -0.1) is 14.8 Å². The van der Waals surface area contributed by atoms with Gasteiger partial charge >= 0.3 is 0 Å². The Hall–Kier alpha value is -2.75. The van der Waals surface area contributed by atoms with Gasteiger partial charge in [0, 0.05) is 17.6 Å². The molecular formula is C15H16BrN7O2. The van der Waals surface area contributed by atoms with E-state index in [9.17, 15) is 4.79 Å². The van der Waals surface area contributed by atoms with Crippen LogP contribution in [-0.4, -0.2) is 51.4 Å². The fourth-order valence-electron chi connectivity index (χ4n) is 2.15. The van der Waals surface area contributed by atoms with Gasteiger partial charge in [0.2, 0.25) is 0 Å². The normalized spacial score (nSPS) is 10.6.